The maximum absolute atomic E-state index is 11.2. The summed E-state index contributed by atoms with van der Waals surface area (Å²) < 4.78 is 10.5. The summed E-state index contributed by atoms with van der Waals surface area (Å²) in [5.74, 6) is 1.54. The average molecular weight is 238 g/mol. The third-order valence-electron chi connectivity index (χ3n) is 2.11. The Morgan fingerprint density at radius 3 is 2.35 bits per heavy atom. The zero-order valence-electron chi connectivity index (χ0n) is 10.4. The molecule has 0 fully saturated rings. The zero-order valence-corrected chi connectivity index (χ0v) is 10.4. The Hall–Kier alpha value is -1.91. The van der Waals surface area contributed by atoms with Gasteiger partial charge in [0.05, 0.1) is 13.7 Å². The molecule has 0 spiro atoms. The van der Waals surface area contributed by atoms with Gasteiger partial charge in [0.2, 0.25) is 0 Å². The Bertz CT molecular complexity index is 349. The molecule has 0 radical (unpaired) electrons. The van der Waals surface area contributed by atoms with Crippen LogP contribution in [0.3, 0.4) is 0 Å². The Kier molecular flexibility index (Phi) is 5.13. The fourth-order valence-electron chi connectivity index (χ4n) is 1.16. The van der Waals surface area contributed by atoms with Gasteiger partial charge >= 0.3 is 6.03 Å². The van der Waals surface area contributed by atoms with Crippen LogP contribution in [-0.2, 0) is 0 Å². The summed E-state index contributed by atoms with van der Waals surface area (Å²) in [6.07, 6.45) is 0. The maximum atomic E-state index is 11.2. The molecular weight excluding hydrogens is 220 g/mol. The van der Waals surface area contributed by atoms with Gasteiger partial charge in [0.25, 0.3) is 0 Å². The number of rotatable bonds is 5. The minimum Gasteiger partial charge on any atom is -0.497 e. The highest BCUT2D eigenvalue weighted by atomic mass is 16.5. The molecule has 0 heterocycles. The van der Waals surface area contributed by atoms with Crippen LogP contribution in [-0.4, -0.2) is 45.3 Å². The number of urea groups is 1. The van der Waals surface area contributed by atoms with Crippen molar-refractivity contribution in [1.29, 1.82) is 0 Å². The monoisotopic (exact) mass is 238 g/mol. The van der Waals surface area contributed by atoms with E-state index in [4.69, 9.17) is 9.47 Å². The minimum atomic E-state index is -0.122. The lowest BCUT2D eigenvalue weighted by Gasteiger charge is -2.12. The third-order valence-corrected chi connectivity index (χ3v) is 2.11. The lowest BCUT2D eigenvalue weighted by atomic mass is 10.3. The van der Waals surface area contributed by atoms with E-state index in [9.17, 15) is 4.79 Å². The van der Waals surface area contributed by atoms with E-state index in [2.05, 4.69) is 5.32 Å². The number of methoxy groups -OCH3 is 1. The summed E-state index contributed by atoms with van der Waals surface area (Å²) in [4.78, 5) is 12.7. The number of nitrogens with zero attached hydrogens (tertiary/aromatic N) is 1. The van der Waals surface area contributed by atoms with E-state index in [0.717, 1.165) is 11.5 Å². The number of ether oxygens (including phenoxy) is 2. The van der Waals surface area contributed by atoms with Crippen LogP contribution < -0.4 is 14.8 Å². The molecular formula is C12H18N2O3. The van der Waals surface area contributed by atoms with E-state index < -0.39 is 0 Å². The molecule has 0 aliphatic heterocycles. The zero-order chi connectivity index (χ0) is 12.7. The Morgan fingerprint density at radius 1 is 1.24 bits per heavy atom. The first kappa shape index (κ1) is 13.2. The minimum absolute atomic E-state index is 0.122. The van der Waals surface area contributed by atoms with Crippen molar-refractivity contribution in [2.75, 3.05) is 34.4 Å². The van der Waals surface area contributed by atoms with Crippen molar-refractivity contribution < 1.29 is 14.3 Å². The van der Waals surface area contributed by atoms with Crippen LogP contribution in [0.15, 0.2) is 24.3 Å². The van der Waals surface area contributed by atoms with Gasteiger partial charge < -0.3 is 19.7 Å². The lowest BCUT2D eigenvalue weighted by molar-refractivity contribution is 0.213. The van der Waals surface area contributed by atoms with Crippen LogP contribution in [0.25, 0.3) is 0 Å². The average Bonchev–Trinajstić information content (AvgIpc) is 2.35. The second kappa shape index (κ2) is 6.62. The summed E-state index contributed by atoms with van der Waals surface area (Å²) in [5, 5.41) is 2.71. The molecule has 1 N–H and O–H groups in total. The van der Waals surface area contributed by atoms with E-state index in [-0.39, 0.29) is 6.03 Å². The van der Waals surface area contributed by atoms with Crippen molar-refractivity contribution in [2.45, 2.75) is 0 Å². The second-order valence-corrected chi connectivity index (χ2v) is 3.65. The van der Waals surface area contributed by atoms with Gasteiger partial charge in [-0.3, -0.25) is 0 Å². The molecule has 0 atom stereocenters. The molecule has 0 aliphatic carbocycles. The van der Waals surface area contributed by atoms with Gasteiger partial charge in [0.1, 0.15) is 18.1 Å². The van der Waals surface area contributed by atoms with Crippen LogP contribution in [0.2, 0.25) is 0 Å². The number of hydrogen-bond acceptors (Lipinski definition) is 3. The molecule has 0 saturated heterocycles. The van der Waals surface area contributed by atoms with Gasteiger partial charge in [0.15, 0.2) is 0 Å². The third kappa shape index (κ3) is 4.63. The van der Waals surface area contributed by atoms with Crippen LogP contribution >= 0.6 is 0 Å². The summed E-state index contributed by atoms with van der Waals surface area (Å²) >= 11 is 0. The molecule has 5 heteroatoms. The molecule has 2 amide bonds. The van der Waals surface area contributed by atoms with Crippen LogP contribution in [0.1, 0.15) is 0 Å². The molecule has 1 aromatic rings. The number of hydrogen-bond donors (Lipinski definition) is 1. The van der Waals surface area contributed by atoms with E-state index in [1.165, 1.54) is 4.90 Å². The second-order valence-electron chi connectivity index (χ2n) is 3.65. The summed E-state index contributed by atoms with van der Waals surface area (Å²) in [7, 11) is 5.01. The molecule has 17 heavy (non-hydrogen) atoms. The van der Waals surface area contributed by atoms with Crippen molar-refractivity contribution in [3.8, 4) is 11.5 Å². The van der Waals surface area contributed by atoms with Crippen LogP contribution in [0.4, 0.5) is 4.79 Å². The molecule has 1 rings (SSSR count). The maximum Gasteiger partial charge on any atom is 0.316 e. The van der Waals surface area contributed by atoms with Gasteiger partial charge in [-0.1, -0.05) is 0 Å². The first-order chi connectivity index (χ1) is 8.13. The summed E-state index contributed by atoms with van der Waals surface area (Å²) in [5.41, 5.74) is 0. The van der Waals surface area contributed by atoms with E-state index in [0.29, 0.717) is 13.2 Å². The van der Waals surface area contributed by atoms with Gasteiger partial charge in [-0.05, 0) is 24.3 Å². The molecule has 0 unspecified atom stereocenters. The largest absolute Gasteiger partial charge is 0.497 e. The first-order valence-electron chi connectivity index (χ1n) is 5.35. The highest BCUT2D eigenvalue weighted by Gasteiger charge is 2.01. The van der Waals surface area contributed by atoms with E-state index in [1.54, 1.807) is 21.2 Å². The van der Waals surface area contributed by atoms with Crippen LogP contribution in [0.5, 0.6) is 11.5 Å². The standard InChI is InChI=1S/C12H18N2O3/c1-14(2)12(15)13-8-9-17-11-6-4-10(16-3)5-7-11/h4-7H,8-9H2,1-3H3,(H,13,15). The number of nitrogens with one attached hydrogen (secondary N) is 1. The quantitative estimate of drug-likeness (QED) is 0.788. The Balaban J connectivity index is 2.24. The topological polar surface area (TPSA) is 50.8 Å². The number of amides is 2. The van der Waals surface area contributed by atoms with Crippen molar-refractivity contribution >= 4 is 6.03 Å². The van der Waals surface area contributed by atoms with Crippen molar-refractivity contribution in [1.82, 2.24) is 10.2 Å². The SMILES string of the molecule is COc1ccc(OCCNC(=O)N(C)C)cc1. The Morgan fingerprint density at radius 2 is 1.82 bits per heavy atom. The lowest BCUT2D eigenvalue weighted by Crippen LogP contribution is -2.36. The summed E-state index contributed by atoms with van der Waals surface area (Å²) in [6.45, 7) is 0.912. The molecule has 0 aromatic heterocycles. The predicted octanol–water partition coefficient (Wildman–Crippen LogP) is 1.35. The number of benzene rings is 1. The van der Waals surface area contributed by atoms with Gasteiger partial charge in [0, 0.05) is 14.1 Å². The normalized spacial score (nSPS) is 9.59. The highest BCUT2D eigenvalue weighted by molar-refractivity contribution is 5.73. The molecule has 94 valence electrons. The van der Waals surface area contributed by atoms with Gasteiger partial charge in [-0.15, -0.1) is 0 Å². The molecule has 1 aromatic carbocycles. The van der Waals surface area contributed by atoms with Crippen LogP contribution in [0, 0.1) is 0 Å². The van der Waals surface area contributed by atoms with E-state index in [1.807, 2.05) is 24.3 Å². The van der Waals surface area contributed by atoms with Crippen molar-refractivity contribution in [3.63, 3.8) is 0 Å². The first-order valence-corrected chi connectivity index (χ1v) is 5.35. The van der Waals surface area contributed by atoms with E-state index >= 15 is 0 Å². The molecule has 5 nitrogen and oxygen atoms in total. The van der Waals surface area contributed by atoms with Crippen molar-refractivity contribution in [3.05, 3.63) is 24.3 Å². The predicted molar refractivity (Wildman–Crippen MR) is 65.6 cm³/mol. The Labute approximate surface area is 101 Å². The van der Waals surface area contributed by atoms with Gasteiger partial charge in [-0.25, -0.2) is 4.79 Å². The molecule has 0 bridgehead atoms. The fourth-order valence-corrected chi connectivity index (χ4v) is 1.16. The number of carbonyl (C=O) groups excluding carboxylic acids is 1. The smallest absolute Gasteiger partial charge is 0.316 e. The number of carbonyl (C=O) groups is 1. The summed E-state index contributed by atoms with van der Waals surface area (Å²) in [6, 6.07) is 7.18. The molecule has 0 aliphatic rings. The molecule has 0 saturated carbocycles. The van der Waals surface area contributed by atoms with Gasteiger partial charge in [-0.2, -0.15) is 0 Å². The highest BCUT2D eigenvalue weighted by Crippen LogP contribution is 2.16. The van der Waals surface area contributed by atoms with Crippen molar-refractivity contribution in [2.24, 2.45) is 0 Å². The fraction of sp³-hybridized carbons (Fsp3) is 0.417.